The van der Waals surface area contributed by atoms with Gasteiger partial charge in [0.15, 0.2) is 0 Å². The van der Waals surface area contributed by atoms with Gasteiger partial charge in [-0.3, -0.25) is 9.69 Å². The van der Waals surface area contributed by atoms with Crippen molar-refractivity contribution in [1.29, 1.82) is 0 Å². The van der Waals surface area contributed by atoms with Crippen molar-refractivity contribution >= 4 is 21.8 Å². The predicted octanol–water partition coefficient (Wildman–Crippen LogP) is 2.46. The lowest BCUT2D eigenvalue weighted by Crippen LogP contribution is -2.38. The molecule has 1 aromatic carbocycles. The largest absolute Gasteiger partial charge is 0.419 e. The van der Waals surface area contributed by atoms with E-state index in [0.29, 0.717) is 18.3 Å². The van der Waals surface area contributed by atoms with Gasteiger partial charge >= 0.3 is 0 Å². The molecule has 0 aliphatic rings. The first kappa shape index (κ1) is 16.6. The van der Waals surface area contributed by atoms with Crippen LogP contribution < -0.4 is 5.32 Å². The molecule has 0 aliphatic carbocycles. The summed E-state index contributed by atoms with van der Waals surface area (Å²) in [5.41, 5.74) is 0.849. The molecule has 1 amide bonds. The van der Waals surface area contributed by atoms with E-state index in [1.165, 1.54) is 0 Å². The molecule has 0 fully saturated rings. The number of hydrogen-bond donors (Lipinski definition) is 1. The number of carbonyl (C=O) groups is 1. The SMILES string of the molecule is CC(C)NC(=O)CN(C)Cc1nnc(-c2ccccc2Br)o1. The van der Waals surface area contributed by atoms with Crippen LogP contribution in [-0.2, 0) is 11.3 Å². The van der Waals surface area contributed by atoms with Crippen LogP contribution in [0.2, 0.25) is 0 Å². The van der Waals surface area contributed by atoms with Gasteiger partial charge in [0.25, 0.3) is 0 Å². The molecule has 118 valence electrons. The van der Waals surface area contributed by atoms with Crippen LogP contribution >= 0.6 is 15.9 Å². The van der Waals surface area contributed by atoms with E-state index in [4.69, 9.17) is 4.42 Å². The number of hydrogen-bond acceptors (Lipinski definition) is 5. The van der Waals surface area contributed by atoms with Crippen molar-refractivity contribution in [2.45, 2.75) is 26.4 Å². The van der Waals surface area contributed by atoms with Crippen LogP contribution in [0.25, 0.3) is 11.5 Å². The third-order valence-electron chi connectivity index (χ3n) is 2.84. The Kier molecular flexibility index (Phi) is 5.68. The summed E-state index contributed by atoms with van der Waals surface area (Å²) in [4.78, 5) is 13.5. The highest BCUT2D eigenvalue weighted by Crippen LogP contribution is 2.26. The molecule has 1 N–H and O–H groups in total. The summed E-state index contributed by atoms with van der Waals surface area (Å²) >= 11 is 3.46. The quantitative estimate of drug-likeness (QED) is 0.849. The van der Waals surface area contributed by atoms with E-state index >= 15 is 0 Å². The van der Waals surface area contributed by atoms with Crippen molar-refractivity contribution in [3.05, 3.63) is 34.6 Å². The molecule has 0 atom stereocenters. The molecule has 0 saturated heterocycles. The lowest BCUT2D eigenvalue weighted by atomic mass is 10.2. The summed E-state index contributed by atoms with van der Waals surface area (Å²) in [6.07, 6.45) is 0. The van der Waals surface area contributed by atoms with Gasteiger partial charge in [-0.25, -0.2) is 0 Å². The van der Waals surface area contributed by atoms with Crippen molar-refractivity contribution in [1.82, 2.24) is 20.4 Å². The number of likely N-dealkylation sites (N-methyl/N-ethyl adjacent to an activating group) is 1. The minimum Gasteiger partial charge on any atom is -0.419 e. The minimum absolute atomic E-state index is 0.0250. The number of aromatic nitrogens is 2. The minimum atomic E-state index is -0.0250. The van der Waals surface area contributed by atoms with Gasteiger partial charge in [-0.15, -0.1) is 10.2 Å². The van der Waals surface area contributed by atoms with Gasteiger partial charge < -0.3 is 9.73 Å². The second kappa shape index (κ2) is 7.51. The summed E-state index contributed by atoms with van der Waals surface area (Å²) in [7, 11) is 1.84. The maximum Gasteiger partial charge on any atom is 0.248 e. The maximum atomic E-state index is 11.7. The summed E-state index contributed by atoms with van der Waals surface area (Å²) in [5, 5.41) is 10.9. The molecule has 2 rings (SSSR count). The van der Waals surface area contributed by atoms with Crippen LogP contribution in [0, 0.1) is 0 Å². The second-order valence-electron chi connectivity index (χ2n) is 5.38. The van der Waals surface area contributed by atoms with Crippen molar-refractivity contribution in [3.63, 3.8) is 0 Å². The molecule has 0 aliphatic heterocycles. The highest BCUT2D eigenvalue weighted by molar-refractivity contribution is 9.10. The third-order valence-corrected chi connectivity index (χ3v) is 3.53. The number of benzene rings is 1. The van der Waals surface area contributed by atoms with Crippen molar-refractivity contribution in [2.75, 3.05) is 13.6 Å². The Morgan fingerprint density at radius 3 is 2.77 bits per heavy atom. The first-order chi connectivity index (χ1) is 10.5. The Labute approximate surface area is 138 Å². The molecule has 7 heteroatoms. The molecule has 1 aromatic heterocycles. The zero-order valence-corrected chi connectivity index (χ0v) is 14.4. The van der Waals surface area contributed by atoms with Gasteiger partial charge in [-0.1, -0.05) is 12.1 Å². The standard InChI is InChI=1S/C15H19BrN4O2/c1-10(2)17-13(21)8-20(3)9-14-18-19-15(22-14)11-6-4-5-7-12(11)16/h4-7,10H,8-9H2,1-3H3,(H,17,21). The number of rotatable bonds is 6. The van der Waals surface area contributed by atoms with E-state index in [-0.39, 0.29) is 18.5 Å². The Morgan fingerprint density at radius 2 is 2.09 bits per heavy atom. The van der Waals surface area contributed by atoms with Crippen LogP contribution in [0.1, 0.15) is 19.7 Å². The zero-order chi connectivity index (χ0) is 16.1. The number of halogens is 1. The molecule has 0 spiro atoms. The van der Waals surface area contributed by atoms with Gasteiger partial charge in [0.1, 0.15) is 0 Å². The Morgan fingerprint density at radius 1 is 1.36 bits per heavy atom. The molecule has 6 nitrogen and oxygen atoms in total. The van der Waals surface area contributed by atoms with Gasteiger partial charge in [-0.2, -0.15) is 0 Å². The normalized spacial score (nSPS) is 11.2. The molecule has 1 heterocycles. The monoisotopic (exact) mass is 366 g/mol. The fourth-order valence-corrected chi connectivity index (χ4v) is 2.41. The summed E-state index contributed by atoms with van der Waals surface area (Å²) < 4.78 is 6.56. The lowest BCUT2D eigenvalue weighted by molar-refractivity contribution is -0.122. The molecule has 0 unspecified atom stereocenters. The van der Waals surface area contributed by atoms with Gasteiger partial charge in [0, 0.05) is 10.5 Å². The number of amides is 1. The molecular formula is C15H19BrN4O2. The summed E-state index contributed by atoms with van der Waals surface area (Å²) in [6, 6.07) is 7.78. The van der Waals surface area contributed by atoms with E-state index in [1.807, 2.05) is 50.1 Å². The molecule has 0 saturated carbocycles. The van der Waals surface area contributed by atoms with E-state index in [0.717, 1.165) is 10.0 Å². The molecule has 0 radical (unpaired) electrons. The Balaban J connectivity index is 1.97. The van der Waals surface area contributed by atoms with Crippen molar-refractivity contribution in [2.24, 2.45) is 0 Å². The first-order valence-electron chi connectivity index (χ1n) is 7.01. The lowest BCUT2D eigenvalue weighted by Gasteiger charge is -2.15. The molecular weight excluding hydrogens is 348 g/mol. The van der Waals surface area contributed by atoms with Crippen LogP contribution in [0.5, 0.6) is 0 Å². The van der Waals surface area contributed by atoms with Crippen LogP contribution in [-0.4, -0.2) is 40.6 Å². The summed E-state index contributed by atoms with van der Waals surface area (Å²) in [6.45, 7) is 4.56. The van der Waals surface area contributed by atoms with E-state index in [2.05, 4.69) is 31.4 Å². The van der Waals surface area contributed by atoms with Gasteiger partial charge in [-0.05, 0) is 49.0 Å². The third kappa shape index (κ3) is 4.64. The Hall–Kier alpha value is -1.73. The van der Waals surface area contributed by atoms with Gasteiger partial charge in [0.05, 0.1) is 18.7 Å². The number of carbonyl (C=O) groups excluding carboxylic acids is 1. The molecule has 22 heavy (non-hydrogen) atoms. The number of nitrogens with one attached hydrogen (secondary N) is 1. The van der Waals surface area contributed by atoms with E-state index in [9.17, 15) is 4.79 Å². The van der Waals surface area contributed by atoms with Crippen LogP contribution in [0.4, 0.5) is 0 Å². The highest BCUT2D eigenvalue weighted by Gasteiger charge is 2.14. The van der Waals surface area contributed by atoms with Crippen molar-refractivity contribution in [3.8, 4) is 11.5 Å². The smallest absolute Gasteiger partial charge is 0.248 e. The predicted molar refractivity (Wildman–Crippen MR) is 87.0 cm³/mol. The maximum absolute atomic E-state index is 11.7. The van der Waals surface area contributed by atoms with Crippen LogP contribution in [0.3, 0.4) is 0 Å². The van der Waals surface area contributed by atoms with Crippen LogP contribution in [0.15, 0.2) is 33.2 Å². The molecule has 0 bridgehead atoms. The van der Waals surface area contributed by atoms with Gasteiger partial charge in [0.2, 0.25) is 17.7 Å². The van der Waals surface area contributed by atoms with E-state index < -0.39 is 0 Å². The fourth-order valence-electron chi connectivity index (χ4n) is 1.96. The average molecular weight is 367 g/mol. The average Bonchev–Trinajstić information content (AvgIpc) is 2.86. The van der Waals surface area contributed by atoms with Crippen molar-refractivity contribution < 1.29 is 9.21 Å². The topological polar surface area (TPSA) is 71.3 Å². The first-order valence-corrected chi connectivity index (χ1v) is 7.80. The molecule has 2 aromatic rings. The number of nitrogens with zero attached hydrogens (tertiary/aromatic N) is 3. The summed E-state index contributed by atoms with van der Waals surface area (Å²) in [5.74, 6) is 0.913. The zero-order valence-electron chi connectivity index (χ0n) is 12.8. The highest BCUT2D eigenvalue weighted by atomic mass is 79.9. The fraction of sp³-hybridized carbons (Fsp3) is 0.400. The second-order valence-corrected chi connectivity index (χ2v) is 6.23. The van der Waals surface area contributed by atoms with E-state index in [1.54, 1.807) is 0 Å². The Bertz CT molecular complexity index is 642.